The molecule has 3 aromatic heterocycles. The first-order valence-corrected chi connectivity index (χ1v) is 9.54. The van der Waals surface area contributed by atoms with Gasteiger partial charge in [0.15, 0.2) is 5.78 Å². The van der Waals surface area contributed by atoms with Crippen molar-refractivity contribution in [2.45, 2.75) is 6.54 Å². The number of halogens is 2. The number of para-hydroxylation sites is 2. The minimum absolute atomic E-state index is 0.146. The largest absolute Gasteiger partial charge is 0.356 e. The molecule has 0 saturated carbocycles. The molecule has 0 saturated heterocycles. The van der Waals surface area contributed by atoms with Gasteiger partial charge >= 0.3 is 0 Å². The van der Waals surface area contributed by atoms with Gasteiger partial charge in [0.1, 0.15) is 23.0 Å². The fraction of sp³-hybridized carbons (Fsp3) is 0.0870. The van der Waals surface area contributed by atoms with Crippen LogP contribution in [0.2, 0.25) is 0 Å². The molecule has 1 N–H and O–H groups in total. The molecular weight excluding hydrogens is 402 g/mol. The van der Waals surface area contributed by atoms with Crippen LogP contribution in [0.25, 0.3) is 21.9 Å². The van der Waals surface area contributed by atoms with Gasteiger partial charge in [-0.2, -0.15) is 0 Å². The number of aromatic amines is 1. The van der Waals surface area contributed by atoms with Crippen molar-refractivity contribution < 1.29 is 13.6 Å². The predicted octanol–water partition coefficient (Wildman–Crippen LogP) is 3.77. The highest BCUT2D eigenvalue weighted by molar-refractivity contribution is 6.16. The van der Waals surface area contributed by atoms with E-state index in [2.05, 4.69) is 9.97 Å². The lowest BCUT2D eigenvalue weighted by Crippen LogP contribution is -2.21. The molecule has 154 valence electrons. The summed E-state index contributed by atoms with van der Waals surface area (Å²) in [5.74, 6) is -1.64. The van der Waals surface area contributed by atoms with Crippen molar-refractivity contribution in [3.8, 4) is 0 Å². The first-order valence-electron chi connectivity index (χ1n) is 9.54. The third-order valence-corrected chi connectivity index (χ3v) is 5.43. The molecule has 0 aliphatic rings. The monoisotopic (exact) mass is 418 g/mol. The Morgan fingerprint density at radius 2 is 1.90 bits per heavy atom. The van der Waals surface area contributed by atoms with Crippen molar-refractivity contribution in [1.82, 2.24) is 19.1 Å². The van der Waals surface area contributed by atoms with E-state index in [9.17, 15) is 18.4 Å². The van der Waals surface area contributed by atoms with E-state index in [1.54, 1.807) is 12.3 Å². The summed E-state index contributed by atoms with van der Waals surface area (Å²) in [7, 11) is 1.89. The molecule has 8 heteroatoms. The lowest BCUT2D eigenvalue weighted by atomic mass is 10.0. The number of carbonyl (C=O) groups is 1. The molecule has 5 rings (SSSR count). The SMILES string of the molecule is Cn1c(Cn2ccc3c(C(=O)c4ccc(F)cc4F)c[nH]c3c2=O)nc2ccccc21. The number of fused-ring (bicyclic) bond motifs is 2. The van der Waals surface area contributed by atoms with Crippen LogP contribution in [0.1, 0.15) is 21.7 Å². The van der Waals surface area contributed by atoms with Crippen LogP contribution >= 0.6 is 0 Å². The van der Waals surface area contributed by atoms with Crippen LogP contribution in [-0.4, -0.2) is 24.9 Å². The van der Waals surface area contributed by atoms with Crippen LogP contribution in [0.4, 0.5) is 8.78 Å². The fourth-order valence-electron chi connectivity index (χ4n) is 3.78. The Morgan fingerprint density at radius 1 is 1.10 bits per heavy atom. The minimum atomic E-state index is -0.949. The smallest absolute Gasteiger partial charge is 0.275 e. The zero-order chi connectivity index (χ0) is 21.7. The summed E-state index contributed by atoms with van der Waals surface area (Å²) in [6.07, 6.45) is 2.95. The molecule has 0 atom stereocenters. The number of hydrogen-bond donors (Lipinski definition) is 1. The number of pyridine rings is 1. The van der Waals surface area contributed by atoms with Crippen molar-refractivity contribution in [2.24, 2.45) is 7.05 Å². The number of aryl methyl sites for hydroxylation is 1. The summed E-state index contributed by atoms with van der Waals surface area (Å²) >= 11 is 0. The molecule has 0 amide bonds. The Morgan fingerprint density at radius 3 is 2.68 bits per heavy atom. The van der Waals surface area contributed by atoms with Crippen molar-refractivity contribution in [2.75, 3.05) is 0 Å². The average Bonchev–Trinajstić information content (AvgIpc) is 3.32. The Bertz CT molecular complexity index is 1540. The Balaban J connectivity index is 1.55. The highest BCUT2D eigenvalue weighted by Gasteiger charge is 2.20. The first kappa shape index (κ1) is 18.9. The quantitative estimate of drug-likeness (QED) is 0.452. The second-order valence-corrected chi connectivity index (χ2v) is 7.27. The summed E-state index contributed by atoms with van der Waals surface area (Å²) in [6, 6.07) is 12.1. The number of ketones is 1. The van der Waals surface area contributed by atoms with Gasteiger partial charge in [0, 0.05) is 36.5 Å². The predicted molar refractivity (Wildman–Crippen MR) is 112 cm³/mol. The molecular formula is C23H16F2N4O2. The van der Waals surface area contributed by atoms with Gasteiger partial charge in [0.2, 0.25) is 0 Å². The summed E-state index contributed by atoms with van der Waals surface area (Å²) in [6.45, 7) is 0.245. The standard InChI is InChI=1S/C23H16F2N4O2/c1-28-19-5-3-2-4-18(19)27-20(28)12-29-9-8-14-16(11-26-21(14)23(29)31)22(30)15-7-6-13(24)10-17(15)25/h2-11,26H,12H2,1H3. The second-order valence-electron chi connectivity index (χ2n) is 7.27. The van der Waals surface area contributed by atoms with Crippen molar-refractivity contribution in [1.29, 1.82) is 0 Å². The average molecular weight is 418 g/mol. The van der Waals surface area contributed by atoms with Crippen LogP contribution in [0.5, 0.6) is 0 Å². The highest BCUT2D eigenvalue weighted by Crippen LogP contribution is 2.21. The summed E-state index contributed by atoms with van der Waals surface area (Å²) in [5.41, 5.74) is 1.58. The molecule has 0 spiro atoms. The van der Waals surface area contributed by atoms with Gasteiger partial charge in [-0.15, -0.1) is 0 Å². The third-order valence-electron chi connectivity index (χ3n) is 5.43. The maximum absolute atomic E-state index is 14.1. The van der Waals surface area contributed by atoms with Gasteiger partial charge in [-0.05, 0) is 30.3 Å². The third kappa shape index (κ3) is 3.04. The van der Waals surface area contributed by atoms with Crippen molar-refractivity contribution >= 4 is 27.7 Å². The zero-order valence-electron chi connectivity index (χ0n) is 16.4. The zero-order valence-corrected chi connectivity index (χ0v) is 16.4. The van der Waals surface area contributed by atoms with Crippen LogP contribution in [0.3, 0.4) is 0 Å². The molecule has 0 aliphatic heterocycles. The van der Waals surface area contributed by atoms with Crippen LogP contribution in [0, 0.1) is 11.6 Å². The number of rotatable bonds is 4. The summed E-state index contributed by atoms with van der Waals surface area (Å²) in [5, 5.41) is 0.375. The molecule has 0 aliphatic carbocycles. The topological polar surface area (TPSA) is 72.7 Å². The second kappa shape index (κ2) is 7.02. The van der Waals surface area contributed by atoms with Crippen LogP contribution < -0.4 is 5.56 Å². The molecule has 0 radical (unpaired) electrons. The van der Waals surface area contributed by atoms with Gasteiger partial charge < -0.3 is 14.1 Å². The number of carbonyl (C=O) groups excluding carboxylic acids is 1. The van der Waals surface area contributed by atoms with Gasteiger partial charge in [-0.25, -0.2) is 13.8 Å². The number of nitrogens with zero attached hydrogens (tertiary/aromatic N) is 3. The van der Waals surface area contributed by atoms with E-state index in [-0.39, 0.29) is 28.7 Å². The number of benzene rings is 2. The van der Waals surface area contributed by atoms with Gasteiger partial charge in [-0.1, -0.05) is 12.1 Å². The lowest BCUT2D eigenvalue weighted by molar-refractivity contribution is 0.103. The van der Waals surface area contributed by atoms with E-state index in [0.717, 1.165) is 23.2 Å². The molecule has 6 nitrogen and oxygen atoms in total. The van der Waals surface area contributed by atoms with Gasteiger partial charge in [0.25, 0.3) is 5.56 Å². The number of nitrogens with one attached hydrogen (secondary N) is 1. The van der Waals surface area contributed by atoms with E-state index >= 15 is 0 Å². The van der Waals surface area contributed by atoms with Crippen LogP contribution in [-0.2, 0) is 13.6 Å². The number of hydrogen-bond acceptors (Lipinski definition) is 3. The van der Waals surface area contributed by atoms with Crippen LogP contribution in [0.15, 0.2) is 65.7 Å². The summed E-state index contributed by atoms with van der Waals surface area (Å²) < 4.78 is 30.6. The number of H-pyrrole nitrogens is 1. The fourth-order valence-corrected chi connectivity index (χ4v) is 3.78. The Kier molecular flexibility index (Phi) is 4.28. The minimum Gasteiger partial charge on any atom is -0.356 e. The Labute approximate surface area is 174 Å². The summed E-state index contributed by atoms with van der Waals surface area (Å²) in [4.78, 5) is 33.2. The number of imidazole rings is 1. The molecule has 3 heterocycles. The molecule has 31 heavy (non-hydrogen) atoms. The van der Waals surface area contributed by atoms with Gasteiger partial charge in [-0.3, -0.25) is 9.59 Å². The van der Waals surface area contributed by atoms with E-state index in [0.29, 0.717) is 17.3 Å². The Hall–Kier alpha value is -4.07. The lowest BCUT2D eigenvalue weighted by Gasteiger charge is -2.07. The normalized spacial score (nSPS) is 11.5. The first-order chi connectivity index (χ1) is 14.9. The highest BCUT2D eigenvalue weighted by atomic mass is 19.1. The van der Waals surface area contributed by atoms with E-state index in [1.807, 2.05) is 35.9 Å². The van der Waals surface area contributed by atoms with E-state index < -0.39 is 17.4 Å². The molecule has 0 bridgehead atoms. The molecule has 0 unspecified atom stereocenters. The van der Waals surface area contributed by atoms with Crippen molar-refractivity contribution in [3.05, 3.63) is 99.9 Å². The molecule has 2 aromatic carbocycles. The maximum Gasteiger partial charge on any atom is 0.275 e. The molecule has 5 aromatic rings. The van der Waals surface area contributed by atoms with Crippen molar-refractivity contribution in [3.63, 3.8) is 0 Å². The molecule has 0 fully saturated rings. The van der Waals surface area contributed by atoms with E-state index in [4.69, 9.17) is 0 Å². The number of aromatic nitrogens is 4. The maximum atomic E-state index is 14.1. The van der Waals surface area contributed by atoms with E-state index in [1.165, 1.54) is 10.8 Å². The van der Waals surface area contributed by atoms with Gasteiger partial charge in [0.05, 0.1) is 23.1 Å².